The molecule has 0 N–H and O–H groups in total. The molecule has 1 fully saturated rings. The van der Waals surface area contributed by atoms with Crippen LogP contribution < -0.4 is 4.90 Å². The van der Waals surface area contributed by atoms with Gasteiger partial charge in [0.1, 0.15) is 6.33 Å². The molecule has 1 aromatic heterocycles. The molecule has 23 heavy (non-hydrogen) atoms. The number of hydrogen-bond donors (Lipinski definition) is 0. The molecule has 4 nitrogen and oxygen atoms in total. The van der Waals surface area contributed by atoms with E-state index in [0.29, 0.717) is 0 Å². The van der Waals surface area contributed by atoms with Crippen molar-refractivity contribution in [3.63, 3.8) is 0 Å². The van der Waals surface area contributed by atoms with Crippen molar-refractivity contribution >= 4 is 5.69 Å². The molecule has 0 radical (unpaired) electrons. The molecule has 0 aliphatic carbocycles. The fourth-order valence-corrected chi connectivity index (χ4v) is 3.90. The number of para-hydroxylation sites is 1. The zero-order valence-corrected chi connectivity index (χ0v) is 13.6. The van der Waals surface area contributed by atoms with Crippen LogP contribution in [0.15, 0.2) is 43.0 Å². The van der Waals surface area contributed by atoms with Crippen molar-refractivity contribution in [1.82, 2.24) is 14.9 Å². The molecular formula is C19H24N4. The molecule has 2 aliphatic rings. The maximum Gasteiger partial charge on any atom is 0.115 e. The van der Waals surface area contributed by atoms with E-state index < -0.39 is 0 Å². The third kappa shape index (κ3) is 3.37. The van der Waals surface area contributed by atoms with E-state index in [1.165, 1.54) is 62.3 Å². The summed E-state index contributed by atoms with van der Waals surface area (Å²) in [4.78, 5) is 13.4. The van der Waals surface area contributed by atoms with Gasteiger partial charge in [0.05, 0.1) is 0 Å². The molecular weight excluding hydrogens is 284 g/mol. The van der Waals surface area contributed by atoms with E-state index in [4.69, 9.17) is 0 Å². The summed E-state index contributed by atoms with van der Waals surface area (Å²) in [6.45, 7) is 5.78. The van der Waals surface area contributed by atoms with Gasteiger partial charge >= 0.3 is 0 Å². The Balaban J connectivity index is 1.29. The van der Waals surface area contributed by atoms with Crippen LogP contribution in [0.3, 0.4) is 0 Å². The monoisotopic (exact) mass is 308 g/mol. The zero-order valence-electron chi connectivity index (χ0n) is 13.6. The lowest BCUT2D eigenvalue weighted by atomic mass is 9.96. The number of fused-ring (bicyclic) bond motifs is 1. The van der Waals surface area contributed by atoms with Crippen LogP contribution in [0.25, 0.3) is 0 Å². The molecule has 0 amide bonds. The quantitative estimate of drug-likeness (QED) is 0.869. The van der Waals surface area contributed by atoms with Crippen LogP contribution in [0.1, 0.15) is 24.0 Å². The van der Waals surface area contributed by atoms with Crippen LogP contribution in [0.2, 0.25) is 0 Å². The molecule has 2 aliphatic heterocycles. The summed E-state index contributed by atoms with van der Waals surface area (Å²) in [7, 11) is 0. The average molecular weight is 308 g/mol. The second-order valence-electron chi connectivity index (χ2n) is 6.79. The maximum atomic E-state index is 4.11. The van der Waals surface area contributed by atoms with Gasteiger partial charge in [0.25, 0.3) is 0 Å². The van der Waals surface area contributed by atoms with Gasteiger partial charge in [-0.3, -0.25) is 4.90 Å². The highest BCUT2D eigenvalue weighted by Crippen LogP contribution is 2.30. The Labute approximate surface area is 138 Å². The van der Waals surface area contributed by atoms with E-state index >= 15 is 0 Å². The normalized spacial score (nSPS) is 19.0. The number of benzene rings is 1. The molecule has 4 rings (SSSR count). The number of hydrogen-bond acceptors (Lipinski definition) is 4. The number of nitrogens with zero attached hydrogens (tertiary/aromatic N) is 4. The van der Waals surface area contributed by atoms with Gasteiger partial charge in [0, 0.05) is 43.3 Å². The average Bonchev–Trinajstić information content (AvgIpc) is 3.01. The molecule has 0 saturated carbocycles. The largest absolute Gasteiger partial charge is 0.371 e. The van der Waals surface area contributed by atoms with Crippen molar-refractivity contribution in [2.45, 2.75) is 25.8 Å². The minimum Gasteiger partial charge on any atom is -0.371 e. The summed E-state index contributed by atoms with van der Waals surface area (Å²) in [6, 6.07) is 8.89. The standard InChI is InChI=1S/C19H24N4/c1-2-4-19-18(3-1)7-10-23(19)14-16-5-8-22(9-6-16)13-17-11-20-15-21-12-17/h1-4,11-12,15-16H,5-10,13-14H2. The molecule has 120 valence electrons. The number of aromatic nitrogens is 2. The summed E-state index contributed by atoms with van der Waals surface area (Å²) in [5.74, 6) is 0.824. The highest BCUT2D eigenvalue weighted by Gasteiger charge is 2.25. The van der Waals surface area contributed by atoms with E-state index in [0.717, 1.165) is 12.5 Å². The molecule has 0 atom stereocenters. The second-order valence-corrected chi connectivity index (χ2v) is 6.79. The van der Waals surface area contributed by atoms with Gasteiger partial charge in [-0.15, -0.1) is 0 Å². The topological polar surface area (TPSA) is 32.3 Å². The summed E-state index contributed by atoms with van der Waals surface area (Å²) in [5.41, 5.74) is 4.21. The number of anilines is 1. The lowest BCUT2D eigenvalue weighted by Crippen LogP contribution is -2.38. The number of rotatable bonds is 4. The molecule has 1 aromatic carbocycles. The Hall–Kier alpha value is -1.94. The van der Waals surface area contributed by atoms with Gasteiger partial charge in [-0.05, 0) is 49.9 Å². The third-order valence-electron chi connectivity index (χ3n) is 5.19. The molecule has 0 bridgehead atoms. The first-order chi connectivity index (χ1) is 11.4. The van der Waals surface area contributed by atoms with Crippen LogP contribution in [-0.4, -0.2) is 41.0 Å². The first-order valence-corrected chi connectivity index (χ1v) is 8.67. The van der Waals surface area contributed by atoms with Gasteiger partial charge in [0.15, 0.2) is 0 Å². The molecule has 4 heteroatoms. The third-order valence-corrected chi connectivity index (χ3v) is 5.19. The lowest BCUT2D eigenvalue weighted by molar-refractivity contribution is 0.179. The molecule has 0 spiro atoms. The summed E-state index contributed by atoms with van der Waals surface area (Å²) in [6.07, 6.45) is 9.27. The predicted octanol–water partition coefficient (Wildman–Crippen LogP) is 2.75. The Morgan fingerprint density at radius 3 is 2.61 bits per heavy atom. The van der Waals surface area contributed by atoms with Gasteiger partial charge in [-0.2, -0.15) is 0 Å². The van der Waals surface area contributed by atoms with Crippen molar-refractivity contribution in [3.8, 4) is 0 Å². The van der Waals surface area contributed by atoms with E-state index in [1.54, 1.807) is 6.33 Å². The van der Waals surface area contributed by atoms with E-state index in [2.05, 4.69) is 44.0 Å². The molecule has 0 unspecified atom stereocenters. The predicted molar refractivity (Wildman–Crippen MR) is 92.4 cm³/mol. The van der Waals surface area contributed by atoms with Crippen LogP contribution in [0.4, 0.5) is 5.69 Å². The minimum absolute atomic E-state index is 0.824. The van der Waals surface area contributed by atoms with Crippen LogP contribution in [0.5, 0.6) is 0 Å². The zero-order chi connectivity index (χ0) is 15.5. The fraction of sp³-hybridized carbons (Fsp3) is 0.474. The van der Waals surface area contributed by atoms with Crippen molar-refractivity contribution in [2.75, 3.05) is 31.1 Å². The van der Waals surface area contributed by atoms with Gasteiger partial charge in [-0.1, -0.05) is 18.2 Å². The van der Waals surface area contributed by atoms with Crippen molar-refractivity contribution < 1.29 is 0 Å². The van der Waals surface area contributed by atoms with Gasteiger partial charge in [-0.25, -0.2) is 9.97 Å². The minimum atomic E-state index is 0.824. The van der Waals surface area contributed by atoms with Crippen molar-refractivity contribution in [1.29, 1.82) is 0 Å². The first-order valence-electron chi connectivity index (χ1n) is 8.67. The first kappa shape index (κ1) is 14.6. The molecule has 3 heterocycles. The van der Waals surface area contributed by atoms with E-state index in [1.807, 2.05) is 12.4 Å². The Morgan fingerprint density at radius 2 is 1.78 bits per heavy atom. The smallest absolute Gasteiger partial charge is 0.115 e. The molecule has 1 saturated heterocycles. The Morgan fingerprint density at radius 1 is 1.00 bits per heavy atom. The number of piperidine rings is 1. The van der Waals surface area contributed by atoms with Gasteiger partial charge < -0.3 is 4.90 Å². The highest BCUT2D eigenvalue weighted by molar-refractivity contribution is 5.57. The van der Waals surface area contributed by atoms with E-state index in [-0.39, 0.29) is 0 Å². The van der Waals surface area contributed by atoms with E-state index in [9.17, 15) is 0 Å². The molecule has 2 aromatic rings. The van der Waals surface area contributed by atoms with Crippen molar-refractivity contribution in [3.05, 3.63) is 54.1 Å². The van der Waals surface area contributed by atoms with Crippen LogP contribution >= 0.6 is 0 Å². The van der Waals surface area contributed by atoms with Crippen LogP contribution in [-0.2, 0) is 13.0 Å². The van der Waals surface area contributed by atoms with Crippen molar-refractivity contribution in [2.24, 2.45) is 5.92 Å². The summed E-state index contributed by atoms with van der Waals surface area (Å²) >= 11 is 0. The van der Waals surface area contributed by atoms with Crippen LogP contribution in [0, 0.1) is 5.92 Å². The Kier molecular flexibility index (Phi) is 4.24. The van der Waals surface area contributed by atoms with Gasteiger partial charge in [0.2, 0.25) is 0 Å². The fourth-order valence-electron chi connectivity index (χ4n) is 3.90. The summed E-state index contributed by atoms with van der Waals surface area (Å²) in [5, 5.41) is 0. The SMILES string of the molecule is c1ccc2c(c1)CCN2CC1CCN(Cc2cncnc2)CC1. The number of likely N-dealkylation sites (tertiary alicyclic amines) is 1. The highest BCUT2D eigenvalue weighted by atomic mass is 15.2. The second kappa shape index (κ2) is 6.67. The Bertz CT molecular complexity index is 635. The maximum absolute atomic E-state index is 4.11. The lowest BCUT2D eigenvalue weighted by Gasteiger charge is -2.34. The summed E-state index contributed by atoms with van der Waals surface area (Å²) < 4.78 is 0.